The van der Waals surface area contributed by atoms with Gasteiger partial charge in [0.05, 0.1) is 6.61 Å². The Morgan fingerprint density at radius 1 is 1.50 bits per heavy atom. The monoisotopic (exact) mass is 248 g/mol. The zero-order chi connectivity index (χ0) is 13.0. The fraction of sp³-hybridized carbons (Fsp3) is 0.500. The van der Waals surface area contributed by atoms with Gasteiger partial charge in [-0.25, -0.2) is 0 Å². The second-order valence-corrected chi connectivity index (χ2v) is 4.60. The molecule has 0 aromatic heterocycles. The van der Waals surface area contributed by atoms with Gasteiger partial charge in [0, 0.05) is 13.6 Å². The van der Waals surface area contributed by atoms with Crippen molar-refractivity contribution in [3.63, 3.8) is 0 Å². The molecule has 0 saturated heterocycles. The predicted molar refractivity (Wildman–Crippen MR) is 70.1 cm³/mol. The van der Waals surface area contributed by atoms with Crippen molar-refractivity contribution in [2.75, 3.05) is 26.7 Å². The third-order valence-electron chi connectivity index (χ3n) is 3.29. The summed E-state index contributed by atoms with van der Waals surface area (Å²) in [5.41, 5.74) is 7.69. The maximum Gasteiger partial charge on any atom is 0.256 e. The first-order chi connectivity index (χ1) is 8.74. The van der Waals surface area contributed by atoms with Crippen LogP contribution in [-0.2, 0) is 16.0 Å². The summed E-state index contributed by atoms with van der Waals surface area (Å²) in [4.78, 5) is 14.0. The van der Waals surface area contributed by atoms with Gasteiger partial charge in [-0.3, -0.25) is 4.79 Å². The van der Waals surface area contributed by atoms with Crippen molar-refractivity contribution < 1.29 is 9.53 Å². The number of ether oxygens (including phenoxy) is 1. The van der Waals surface area contributed by atoms with E-state index in [1.54, 1.807) is 11.9 Å². The van der Waals surface area contributed by atoms with E-state index < -0.39 is 6.10 Å². The lowest BCUT2D eigenvalue weighted by atomic mass is 9.97. The van der Waals surface area contributed by atoms with Crippen LogP contribution in [0.2, 0.25) is 0 Å². The topological polar surface area (TPSA) is 55.6 Å². The molecule has 2 rings (SSSR count). The summed E-state index contributed by atoms with van der Waals surface area (Å²) in [6.45, 7) is 1.88. The number of fused-ring (bicyclic) bond motifs is 1. The molecule has 1 aromatic rings. The first-order valence-electron chi connectivity index (χ1n) is 6.38. The van der Waals surface area contributed by atoms with Crippen LogP contribution < -0.4 is 5.73 Å². The highest BCUT2D eigenvalue weighted by Crippen LogP contribution is 2.28. The van der Waals surface area contributed by atoms with Crippen LogP contribution in [0.5, 0.6) is 0 Å². The lowest BCUT2D eigenvalue weighted by molar-refractivity contribution is -0.143. The highest BCUT2D eigenvalue weighted by molar-refractivity contribution is 5.82. The van der Waals surface area contributed by atoms with E-state index in [2.05, 4.69) is 6.07 Å². The van der Waals surface area contributed by atoms with Crippen LogP contribution in [0.3, 0.4) is 0 Å². The maximum atomic E-state index is 12.3. The smallest absolute Gasteiger partial charge is 0.256 e. The first kappa shape index (κ1) is 13.1. The Balaban J connectivity index is 2.12. The summed E-state index contributed by atoms with van der Waals surface area (Å²) in [6, 6.07) is 8.00. The molecule has 0 spiro atoms. The molecule has 0 bridgehead atoms. The van der Waals surface area contributed by atoms with Crippen molar-refractivity contribution in [2.24, 2.45) is 5.73 Å². The molecule has 1 atom stereocenters. The van der Waals surface area contributed by atoms with Crippen molar-refractivity contribution in [1.29, 1.82) is 0 Å². The summed E-state index contributed by atoms with van der Waals surface area (Å²) >= 11 is 0. The zero-order valence-corrected chi connectivity index (χ0v) is 10.8. The molecule has 2 N–H and O–H groups in total. The van der Waals surface area contributed by atoms with Crippen molar-refractivity contribution in [1.82, 2.24) is 4.90 Å². The number of rotatable bonds is 4. The standard InChI is InChI=1S/C14H20N2O2/c1-16(9-4-8-15)14(17)13-12-6-3-2-5-11(12)7-10-18-13/h2-3,5-6,13H,4,7-10,15H2,1H3. The molecule has 0 radical (unpaired) electrons. The van der Waals surface area contributed by atoms with E-state index in [0.29, 0.717) is 19.7 Å². The van der Waals surface area contributed by atoms with Crippen molar-refractivity contribution in [2.45, 2.75) is 18.9 Å². The third kappa shape index (κ3) is 2.71. The molecule has 0 aliphatic carbocycles. The molecule has 4 heteroatoms. The fourth-order valence-corrected chi connectivity index (χ4v) is 2.24. The summed E-state index contributed by atoms with van der Waals surface area (Å²) in [6.07, 6.45) is 1.25. The lowest BCUT2D eigenvalue weighted by Crippen LogP contribution is -2.36. The van der Waals surface area contributed by atoms with Crippen LogP contribution in [0.4, 0.5) is 0 Å². The zero-order valence-electron chi connectivity index (χ0n) is 10.8. The first-order valence-corrected chi connectivity index (χ1v) is 6.38. The van der Waals surface area contributed by atoms with Gasteiger partial charge in [-0.05, 0) is 30.5 Å². The molecular formula is C14H20N2O2. The van der Waals surface area contributed by atoms with E-state index in [1.807, 2.05) is 18.2 Å². The van der Waals surface area contributed by atoms with Crippen LogP contribution >= 0.6 is 0 Å². The van der Waals surface area contributed by atoms with Gasteiger partial charge in [0.25, 0.3) is 5.91 Å². The quantitative estimate of drug-likeness (QED) is 0.868. The summed E-state index contributed by atoms with van der Waals surface area (Å²) in [5.74, 6) is 0.0237. The van der Waals surface area contributed by atoms with Crippen LogP contribution in [0.1, 0.15) is 23.7 Å². The van der Waals surface area contributed by atoms with Gasteiger partial charge < -0.3 is 15.4 Å². The number of amides is 1. The Labute approximate surface area is 108 Å². The van der Waals surface area contributed by atoms with Crippen LogP contribution in [0.15, 0.2) is 24.3 Å². The van der Waals surface area contributed by atoms with Gasteiger partial charge in [-0.1, -0.05) is 24.3 Å². The highest BCUT2D eigenvalue weighted by Gasteiger charge is 2.29. The number of nitrogens with zero attached hydrogens (tertiary/aromatic N) is 1. The molecule has 1 aliphatic rings. The lowest BCUT2D eigenvalue weighted by Gasteiger charge is -2.28. The SMILES string of the molecule is CN(CCCN)C(=O)C1OCCc2ccccc21. The number of carbonyl (C=O) groups excluding carboxylic acids is 1. The average molecular weight is 248 g/mol. The largest absolute Gasteiger partial charge is 0.363 e. The average Bonchev–Trinajstić information content (AvgIpc) is 2.43. The van der Waals surface area contributed by atoms with Gasteiger partial charge in [-0.15, -0.1) is 0 Å². The molecule has 1 unspecified atom stereocenters. The Morgan fingerprint density at radius 3 is 3.06 bits per heavy atom. The molecule has 98 valence electrons. The van der Waals surface area contributed by atoms with Gasteiger partial charge in [0.1, 0.15) is 0 Å². The normalized spacial score (nSPS) is 18.2. The molecule has 18 heavy (non-hydrogen) atoms. The van der Waals surface area contributed by atoms with Gasteiger partial charge in [0.2, 0.25) is 0 Å². The predicted octanol–water partition coefficient (Wildman–Crippen LogP) is 1.11. The molecular weight excluding hydrogens is 228 g/mol. The molecule has 1 heterocycles. The van der Waals surface area contributed by atoms with Gasteiger partial charge >= 0.3 is 0 Å². The molecule has 1 aromatic carbocycles. The Morgan fingerprint density at radius 2 is 2.28 bits per heavy atom. The Kier molecular flexibility index (Phi) is 4.33. The van der Waals surface area contributed by atoms with Crippen LogP contribution in [0, 0.1) is 0 Å². The number of nitrogens with two attached hydrogens (primary N) is 1. The van der Waals surface area contributed by atoms with E-state index in [4.69, 9.17) is 10.5 Å². The number of likely N-dealkylation sites (N-methyl/N-ethyl adjacent to an activating group) is 1. The summed E-state index contributed by atoms with van der Waals surface area (Å²) in [7, 11) is 1.80. The molecule has 1 amide bonds. The summed E-state index contributed by atoms with van der Waals surface area (Å²) in [5, 5.41) is 0. The maximum absolute atomic E-state index is 12.3. The number of hydrogen-bond donors (Lipinski definition) is 1. The number of carbonyl (C=O) groups is 1. The van der Waals surface area contributed by atoms with Crippen molar-refractivity contribution in [3.05, 3.63) is 35.4 Å². The molecule has 1 aliphatic heterocycles. The second-order valence-electron chi connectivity index (χ2n) is 4.60. The number of benzene rings is 1. The van der Waals surface area contributed by atoms with Crippen LogP contribution in [0.25, 0.3) is 0 Å². The van der Waals surface area contributed by atoms with Crippen molar-refractivity contribution >= 4 is 5.91 Å². The molecule has 0 saturated carbocycles. The van der Waals surface area contributed by atoms with E-state index in [-0.39, 0.29) is 5.91 Å². The van der Waals surface area contributed by atoms with Gasteiger partial charge in [-0.2, -0.15) is 0 Å². The van der Waals surface area contributed by atoms with Gasteiger partial charge in [0.15, 0.2) is 6.10 Å². The van der Waals surface area contributed by atoms with Crippen LogP contribution in [-0.4, -0.2) is 37.6 Å². The molecule has 0 fully saturated rings. The second kappa shape index (κ2) is 5.98. The highest BCUT2D eigenvalue weighted by atomic mass is 16.5. The fourth-order valence-electron chi connectivity index (χ4n) is 2.24. The van der Waals surface area contributed by atoms with E-state index in [1.165, 1.54) is 5.56 Å². The Hall–Kier alpha value is -1.39. The minimum Gasteiger partial charge on any atom is -0.363 e. The minimum atomic E-state index is -0.447. The minimum absolute atomic E-state index is 0.0237. The Bertz CT molecular complexity index is 420. The number of hydrogen-bond acceptors (Lipinski definition) is 3. The van der Waals surface area contributed by atoms with Crippen molar-refractivity contribution in [3.8, 4) is 0 Å². The molecule has 4 nitrogen and oxygen atoms in total. The summed E-state index contributed by atoms with van der Waals surface area (Å²) < 4.78 is 5.64. The van der Waals surface area contributed by atoms with E-state index in [9.17, 15) is 4.79 Å². The van der Waals surface area contributed by atoms with E-state index in [0.717, 1.165) is 18.4 Å². The van der Waals surface area contributed by atoms with E-state index >= 15 is 0 Å². The third-order valence-corrected chi connectivity index (χ3v) is 3.29.